The van der Waals surface area contributed by atoms with Crippen molar-refractivity contribution in [1.82, 2.24) is 0 Å². The van der Waals surface area contributed by atoms with Gasteiger partial charge in [-0.15, -0.1) is 0 Å². The molecule has 3 nitrogen and oxygen atoms in total. The van der Waals surface area contributed by atoms with Gasteiger partial charge in [0, 0.05) is 5.56 Å². The van der Waals surface area contributed by atoms with Gasteiger partial charge >= 0.3 is 0 Å². The third kappa shape index (κ3) is 1.94. The monoisotopic (exact) mass is 223 g/mol. The van der Waals surface area contributed by atoms with E-state index >= 15 is 0 Å². The van der Waals surface area contributed by atoms with Crippen molar-refractivity contribution in [3.63, 3.8) is 0 Å². The highest BCUT2D eigenvalue weighted by atomic mass is 16.5. The molecule has 0 saturated carbocycles. The summed E-state index contributed by atoms with van der Waals surface area (Å²) < 4.78 is 5.42. The van der Waals surface area contributed by atoms with Crippen LogP contribution in [0.3, 0.4) is 0 Å². The van der Waals surface area contributed by atoms with Gasteiger partial charge in [-0.2, -0.15) is 0 Å². The molecule has 0 spiro atoms. The smallest absolute Gasteiger partial charge is 0.184 e. The molecule has 0 aliphatic rings. The van der Waals surface area contributed by atoms with E-state index in [4.69, 9.17) is 10.5 Å². The predicted molar refractivity (Wildman–Crippen MR) is 67.2 cm³/mol. The number of benzene rings is 1. The van der Waals surface area contributed by atoms with Gasteiger partial charge in [0.15, 0.2) is 11.5 Å². The standard InChI is InChI=1S/C13H21NO2/c1-5-9-8(4)11(14)13(16-7-3)12(15)10(9)6-2/h15H,5-7,14H2,1-4H3. The average Bonchev–Trinajstić information content (AvgIpc) is 2.29. The first-order valence-electron chi connectivity index (χ1n) is 5.83. The molecule has 16 heavy (non-hydrogen) atoms. The molecular formula is C13H21NO2. The van der Waals surface area contributed by atoms with Crippen molar-refractivity contribution >= 4 is 5.69 Å². The van der Waals surface area contributed by atoms with E-state index in [-0.39, 0.29) is 5.75 Å². The highest BCUT2D eigenvalue weighted by Crippen LogP contribution is 2.41. The van der Waals surface area contributed by atoms with Crippen molar-refractivity contribution in [3.8, 4) is 11.5 Å². The largest absolute Gasteiger partial charge is 0.504 e. The van der Waals surface area contributed by atoms with Crippen LogP contribution in [0, 0.1) is 6.92 Å². The van der Waals surface area contributed by atoms with Gasteiger partial charge in [0.2, 0.25) is 0 Å². The van der Waals surface area contributed by atoms with E-state index in [0.29, 0.717) is 18.0 Å². The van der Waals surface area contributed by atoms with Crippen molar-refractivity contribution in [3.05, 3.63) is 16.7 Å². The molecule has 0 fully saturated rings. The van der Waals surface area contributed by atoms with Crippen molar-refractivity contribution in [2.45, 2.75) is 40.5 Å². The zero-order valence-corrected chi connectivity index (χ0v) is 10.6. The summed E-state index contributed by atoms with van der Waals surface area (Å²) in [6, 6.07) is 0. The second kappa shape index (κ2) is 5.10. The quantitative estimate of drug-likeness (QED) is 0.772. The maximum absolute atomic E-state index is 10.1. The fourth-order valence-corrected chi connectivity index (χ4v) is 2.12. The van der Waals surface area contributed by atoms with E-state index in [9.17, 15) is 5.11 Å². The topological polar surface area (TPSA) is 55.5 Å². The molecule has 0 amide bonds. The maximum Gasteiger partial charge on any atom is 0.184 e. The first-order valence-corrected chi connectivity index (χ1v) is 5.83. The summed E-state index contributed by atoms with van der Waals surface area (Å²) in [5.74, 6) is 0.651. The van der Waals surface area contributed by atoms with Gasteiger partial charge in [-0.1, -0.05) is 13.8 Å². The maximum atomic E-state index is 10.1. The van der Waals surface area contributed by atoms with E-state index in [1.165, 1.54) is 0 Å². The Kier molecular flexibility index (Phi) is 4.05. The highest BCUT2D eigenvalue weighted by Gasteiger charge is 2.18. The van der Waals surface area contributed by atoms with Crippen LogP contribution in [0.25, 0.3) is 0 Å². The van der Waals surface area contributed by atoms with Crippen LogP contribution in [0.4, 0.5) is 5.69 Å². The molecule has 1 aromatic carbocycles. The van der Waals surface area contributed by atoms with Gasteiger partial charge in [0.1, 0.15) is 0 Å². The van der Waals surface area contributed by atoms with E-state index in [0.717, 1.165) is 29.5 Å². The minimum Gasteiger partial charge on any atom is -0.504 e. The fraction of sp³-hybridized carbons (Fsp3) is 0.538. The predicted octanol–water partition coefficient (Wildman–Crippen LogP) is 2.81. The summed E-state index contributed by atoms with van der Waals surface area (Å²) in [7, 11) is 0. The molecule has 0 aromatic heterocycles. The summed E-state index contributed by atoms with van der Waals surface area (Å²) in [4.78, 5) is 0. The number of nitrogen functional groups attached to an aromatic ring is 1. The molecule has 0 bridgehead atoms. The zero-order valence-electron chi connectivity index (χ0n) is 10.6. The number of hydrogen-bond acceptors (Lipinski definition) is 3. The summed E-state index contributed by atoms with van der Waals surface area (Å²) in [5, 5.41) is 10.1. The number of ether oxygens (including phenoxy) is 1. The third-order valence-electron chi connectivity index (χ3n) is 2.96. The van der Waals surface area contributed by atoms with E-state index in [2.05, 4.69) is 6.92 Å². The molecule has 0 unspecified atom stereocenters. The van der Waals surface area contributed by atoms with E-state index in [1.54, 1.807) is 0 Å². The summed E-state index contributed by atoms with van der Waals surface area (Å²) in [6.07, 6.45) is 1.66. The lowest BCUT2D eigenvalue weighted by atomic mass is 9.94. The number of anilines is 1. The molecule has 1 rings (SSSR count). The highest BCUT2D eigenvalue weighted by molar-refractivity contribution is 5.70. The Balaban J connectivity index is 3.49. The third-order valence-corrected chi connectivity index (χ3v) is 2.96. The van der Waals surface area contributed by atoms with Crippen LogP contribution in [0.5, 0.6) is 11.5 Å². The van der Waals surface area contributed by atoms with Crippen LogP contribution in [-0.4, -0.2) is 11.7 Å². The van der Waals surface area contributed by atoms with Crippen molar-refractivity contribution in [1.29, 1.82) is 0 Å². The first kappa shape index (κ1) is 12.7. The lowest BCUT2D eigenvalue weighted by molar-refractivity contribution is 0.318. The molecule has 0 aliphatic heterocycles. The van der Waals surface area contributed by atoms with Gasteiger partial charge in [0.05, 0.1) is 12.3 Å². The van der Waals surface area contributed by atoms with Gasteiger partial charge < -0.3 is 15.6 Å². The van der Waals surface area contributed by atoms with E-state index in [1.807, 2.05) is 20.8 Å². The number of nitrogens with two attached hydrogens (primary N) is 1. The molecule has 3 N–H and O–H groups in total. The molecule has 0 atom stereocenters. The first-order chi connectivity index (χ1) is 7.58. The summed E-state index contributed by atoms with van der Waals surface area (Å²) >= 11 is 0. The molecule has 3 heteroatoms. The lowest BCUT2D eigenvalue weighted by Crippen LogP contribution is -2.05. The van der Waals surface area contributed by atoms with Crippen LogP contribution < -0.4 is 10.5 Å². The van der Waals surface area contributed by atoms with Gasteiger partial charge in [-0.3, -0.25) is 0 Å². The normalized spacial score (nSPS) is 10.5. The van der Waals surface area contributed by atoms with Crippen LogP contribution in [0.15, 0.2) is 0 Å². The lowest BCUT2D eigenvalue weighted by Gasteiger charge is -2.19. The minimum absolute atomic E-state index is 0.212. The van der Waals surface area contributed by atoms with Crippen LogP contribution in [0.1, 0.15) is 37.5 Å². The van der Waals surface area contributed by atoms with E-state index < -0.39 is 0 Å². The molecule has 0 radical (unpaired) electrons. The summed E-state index contributed by atoms with van der Waals surface area (Å²) in [5.41, 5.74) is 9.67. The van der Waals surface area contributed by atoms with Crippen LogP contribution >= 0.6 is 0 Å². The fourth-order valence-electron chi connectivity index (χ4n) is 2.12. The Morgan fingerprint density at radius 2 is 1.69 bits per heavy atom. The van der Waals surface area contributed by atoms with Crippen molar-refractivity contribution < 1.29 is 9.84 Å². The number of aromatic hydroxyl groups is 1. The van der Waals surface area contributed by atoms with Gasteiger partial charge in [0.25, 0.3) is 0 Å². The second-order valence-corrected chi connectivity index (χ2v) is 3.81. The van der Waals surface area contributed by atoms with Crippen LogP contribution in [-0.2, 0) is 12.8 Å². The van der Waals surface area contributed by atoms with Crippen molar-refractivity contribution in [2.24, 2.45) is 0 Å². The van der Waals surface area contributed by atoms with Crippen LogP contribution in [0.2, 0.25) is 0 Å². The zero-order chi connectivity index (χ0) is 12.3. The SMILES string of the molecule is CCOc1c(N)c(C)c(CC)c(CC)c1O. The van der Waals surface area contributed by atoms with Crippen molar-refractivity contribution in [2.75, 3.05) is 12.3 Å². The second-order valence-electron chi connectivity index (χ2n) is 3.81. The number of rotatable bonds is 4. The molecule has 90 valence electrons. The number of hydrogen-bond donors (Lipinski definition) is 2. The molecule has 1 aromatic rings. The van der Waals surface area contributed by atoms with Gasteiger partial charge in [-0.25, -0.2) is 0 Å². The number of phenolic OH excluding ortho intramolecular Hbond substituents is 1. The Morgan fingerprint density at radius 1 is 1.12 bits per heavy atom. The Bertz CT molecular complexity index is 386. The average molecular weight is 223 g/mol. The molecular weight excluding hydrogens is 202 g/mol. The summed E-state index contributed by atoms with van der Waals surface area (Å²) in [6.45, 7) is 8.47. The Hall–Kier alpha value is -1.38. The molecule has 0 aliphatic carbocycles. The minimum atomic E-state index is 0.212. The van der Waals surface area contributed by atoms with Gasteiger partial charge in [-0.05, 0) is 37.8 Å². The molecule has 0 saturated heterocycles. The molecule has 0 heterocycles. The number of phenols is 1. The Morgan fingerprint density at radius 3 is 2.12 bits per heavy atom. The Labute approximate surface area is 97.2 Å².